The Balaban J connectivity index is 1.93. The Labute approximate surface area is 242 Å². The average molecular weight is 592 g/mol. The summed E-state index contributed by atoms with van der Waals surface area (Å²) in [7, 11) is 0. The van der Waals surface area contributed by atoms with Crippen LogP contribution in [0.5, 0.6) is 5.75 Å². The Morgan fingerprint density at radius 1 is 1.05 bits per heavy atom. The van der Waals surface area contributed by atoms with Crippen LogP contribution in [0.1, 0.15) is 66.6 Å². The number of anilines is 1. The van der Waals surface area contributed by atoms with Crippen LogP contribution in [0.15, 0.2) is 34.8 Å². The molecule has 3 N–H and O–H groups in total. The van der Waals surface area contributed by atoms with E-state index in [1.165, 1.54) is 10.3 Å². The van der Waals surface area contributed by atoms with E-state index >= 15 is 0 Å². The van der Waals surface area contributed by atoms with E-state index in [4.69, 9.17) is 24.5 Å². The number of hydrogen-bond acceptors (Lipinski definition) is 11. The summed E-state index contributed by atoms with van der Waals surface area (Å²) < 4.78 is 16.2. The third-order valence-corrected chi connectivity index (χ3v) is 5.39. The van der Waals surface area contributed by atoms with Gasteiger partial charge >= 0.3 is 18.2 Å². The normalized spacial score (nSPS) is 12.0. The highest BCUT2D eigenvalue weighted by Crippen LogP contribution is 2.19. The van der Waals surface area contributed by atoms with Gasteiger partial charge in [0.15, 0.2) is 11.7 Å². The number of aromatic nitrogens is 1. The number of nitrogens with zero attached hydrogens (tertiary/aromatic N) is 3. The van der Waals surface area contributed by atoms with E-state index in [2.05, 4.69) is 15.5 Å². The zero-order chi connectivity index (χ0) is 31.0. The summed E-state index contributed by atoms with van der Waals surface area (Å²) in [5.74, 6) is -0.899. The third kappa shape index (κ3) is 11.1. The zero-order valence-electron chi connectivity index (χ0n) is 24.4. The fraction of sp³-hybridized carbons (Fsp3) is 0.481. The Bertz CT molecular complexity index is 1260. The Morgan fingerprint density at radius 2 is 1.66 bits per heavy atom. The van der Waals surface area contributed by atoms with Gasteiger partial charge in [-0.25, -0.2) is 19.4 Å². The molecule has 0 spiro atoms. The molecule has 1 aromatic carbocycles. The second kappa shape index (κ2) is 13.9. The number of aliphatic carboxylic acids is 1. The van der Waals surface area contributed by atoms with Crippen LogP contribution in [0.2, 0.25) is 0 Å². The van der Waals surface area contributed by atoms with Crippen molar-refractivity contribution in [1.29, 1.82) is 5.41 Å². The number of thiazole rings is 1. The molecule has 0 atom stereocenters. The van der Waals surface area contributed by atoms with Crippen LogP contribution in [0.3, 0.4) is 0 Å². The lowest BCUT2D eigenvalue weighted by Crippen LogP contribution is -2.44. The molecule has 0 aliphatic carbocycles. The van der Waals surface area contributed by atoms with Gasteiger partial charge in [-0.15, -0.1) is 11.3 Å². The van der Waals surface area contributed by atoms with Crippen molar-refractivity contribution in [3.63, 3.8) is 0 Å². The molecular weight excluding hydrogens is 554 g/mol. The quantitative estimate of drug-likeness (QED) is 0.143. The molecule has 0 aliphatic heterocycles. The largest absolute Gasteiger partial charge is 0.490 e. The molecule has 41 heavy (non-hydrogen) atoms. The summed E-state index contributed by atoms with van der Waals surface area (Å²) in [5, 5.41) is 25.7. The van der Waals surface area contributed by atoms with E-state index in [-0.39, 0.29) is 35.9 Å². The van der Waals surface area contributed by atoms with Crippen molar-refractivity contribution in [2.45, 2.75) is 72.6 Å². The minimum Gasteiger partial charge on any atom is -0.490 e. The summed E-state index contributed by atoms with van der Waals surface area (Å²) >= 11 is 1.01. The van der Waals surface area contributed by atoms with Gasteiger partial charge in [-0.3, -0.25) is 15.6 Å². The van der Waals surface area contributed by atoms with Crippen LogP contribution in [0.4, 0.5) is 14.7 Å². The van der Waals surface area contributed by atoms with Gasteiger partial charge in [-0.05, 0) is 79.7 Å². The van der Waals surface area contributed by atoms with Crippen LogP contribution >= 0.6 is 11.3 Å². The van der Waals surface area contributed by atoms with E-state index in [1.54, 1.807) is 79.7 Å². The van der Waals surface area contributed by atoms with E-state index < -0.39 is 35.1 Å². The molecule has 1 aromatic heterocycles. The number of amides is 2. The molecule has 1 heterocycles. The SMILES string of the molecule is CC(C)N(C(=N)c1ccc(OCCON=C(C(=O)O)c2csc(NC(=O)OC(C)(C)C)n2)cc1)C(=O)OC(C)(C)C. The number of carboxylic acid groups (broad SMARTS) is 1. The van der Waals surface area contributed by atoms with Crippen LogP contribution in [0.25, 0.3) is 0 Å². The average Bonchev–Trinajstić information content (AvgIpc) is 3.26. The lowest BCUT2D eigenvalue weighted by Gasteiger charge is -2.30. The maximum absolute atomic E-state index is 12.6. The summed E-state index contributed by atoms with van der Waals surface area (Å²) in [6, 6.07) is 6.27. The minimum atomic E-state index is -1.36. The van der Waals surface area contributed by atoms with Gasteiger partial charge < -0.3 is 24.2 Å². The number of hydrogen-bond donors (Lipinski definition) is 3. The number of carbonyl (C=O) groups is 3. The van der Waals surface area contributed by atoms with Crippen LogP contribution in [-0.4, -0.2) is 75.2 Å². The molecule has 0 saturated carbocycles. The molecule has 0 unspecified atom stereocenters. The Kier molecular flexibility index (Phi) is 11.2. The maximum atomic E-state index is 12.6. The van der Waals surface area contributed by atoms with Gasteiger partial charge in [-0.1, -0.05) is 5.16 Å². The fourth-order valence-electron chi connectivity index (χ4n) is 3.05. The summed E-state index contributed by atoms with van der Waals surface area (Å²) in [4.78, 5) is 46.6. The molecule has 0 aliphatic rings. The van der Waals surface area contributed by atoms with Crippen molar-refractivity contribution in [2.24, 2.45) is 5.16 Å². The molecule has 224 valence electrons. The van der Waals surface area contributed by atoms with Crippen molar-refractivity contribution >= 4 is 46.2 Å². The van der Waals surface area contributed by atoms with Crippen molar-refractivity contribution in [1.82, 2.24) is 9.88 Å². The van der Waals surface area contributed by atoms with E-state index in [9.17, 15) is 19.5 Å². The Morgan fingerprint density at radius 3 is 2.20 bits per heavy atom. The number of rotatable bonds is 10. The highest BCUT2D eigenvalue weighted by atomic mass is 32.1. The lowest BCUT2D eigenvalue weighted by atomic mass is 10.1. The fourth-order valence-corrected chi connectivity index (χ4v) is 3.73. The van der Waals surface area contributed by atoms with Gasteiger partial charge in [0.05, 0.1) is 0 Å². The first-order valence-electron chi connectivity index (χ1n) is 12.7. The van der Waals surface area contributed by atoms with Gasteiger partial charge in [0.25, 0.3) is 0 Å². The summed E-state index contributed by atoms with van der Waals surface area (Å²) in [6.07, 6.45) is -1.32. The first-order chi connectivity index (χ1) is 19.0. The molecule has 0 radical (unpaired) electrons. The monoisotopic (exact) mass is 591 g/mol. The number of nitrogens with one attached hydrogen (secondary N) is 2. The number of amidine groups is 1. The van der Waals surface area contributed by atoms with Gasteiger partial charge in [0.2, 0.25) is 5.71 Å². The van der Waals surface area contributed by atoms with Crippen molar-refractivity contribution in [3.8, 4) is 5.75 Å². The number of ether oxygens (including phenoxy) is 3. The highest BCUT2D eigenvalue weighted by Gasteiger charge is 2.28. The van der Waals surface area contributed by atoms with Gasteiger partial charge in [0.1, 0.15) is 35.1 Å². The van der Waals surface area contributed by atoms with Gasteiger partial charge in [0, 0.05) is 17.0 Å². The van der Waals surface area contributed by atoms with Gasteiger partial charge in [-0.2, -0.15) is 0 Å². The molecule has 0 bridgehead atoms. The lowest BCUT2D eigenvalue weighted by molar-refractivity contribution is -0.129. The van der Waals surface area contributed by atoms with E-state index in [1.807, 2.05) is 0 Å². The minimum absolute atomic E-state index is 0.00818. The second-order valence-electron chi connectivity index (χ2n) is 10.9. The topological polar surface area (TPSA) is 173 Å². The van der Waals surface area contributed by atoms with Crippen molar-refractivity contribution in [2.75, 3.05) is 18.5 Å². The molecule has 2 amide bonds. The summed E-state index contributed by atoms with van der Waals surface area (Å²) in [5.41, 5.74) is -1.33. The first-order valence-corrected chi connectivity index (χ1v) is 13.6. The first kappa shape index (κ1) is 33.0. The molecule has 0 saturated heterocycles. The number of carbonyl (C=O) groups excluding carboxylic acids is 2. The van der Waals surface area contributed by atoms with E-state index in [0.29, 0.717) is 11.3 Å². The standard InChI is InChI=1S/C27H37N5O8S/c1-16(2)32(25(36)40-27(6,7)8)21(28)17-9-11-18(12-10-17)37-13-14-38-31-20(22(33)34)19-15-41-23(29-19)30-24(35)39-26(3,4)5/h9-12,15-16,28H,13-14H2,1-8H3,(H,33,34)(H,29,30,35). The summed E-state index contributed by atoms with van der Waals surface area (Å²) in [6.45, 7) is 14.0. The Hall–Kier alpha value is -4.20. The van der Waals surface area contributed by atoms with Crippen LogP contribution in [-0.2, 0) is 19.1 Å². The van der Waals surface area contributed by atoms with E-state index in [0.717, 1.165) is 11.3 Å². The highest BCUT2D eigenvalue weighted by molar-refractivity contribution is 7.14. The predicted octanol–water partition coefficient (Wildman–Crippen LogP) is 5.35. The predicted molar refractivity (Wildman–Crippen MR) is 154 cm³/mol. The van der Waals surface area contributed by atoms with Crippen molar-refractivity contribution < 1.29 is 38.5 Å². The number of benzene rings is 1. The second-order valence-corrected chi connectivity index (χ2v) is 11.8. The molecule has 2 aromatic rings. The molecule has 13 nitrogen and oxygen atoms in total. The molecule has 14 heteroatoms. The molecule has 2 rings (SSSR count). The number of carboxylic acids is 1. The third-order valence-electron chi connectivity index (χ3n) is 4.63. The molecule has 0 fully saturated rings. The number of oxime groups is 1. The zero-order valence-corrected chi connectivity index (χ0v) is 25.2. The van der Waals surface area contributed by atoms with Crippen LogP contribution in [0, 0.1) is 5.41 Å². The maximum Gasteiger partial charge on any atom is 0.416 e. The van der Waals surface area contributed by atoms with Crippen LogP contribution < -0.4 is 10.1 Å². The molecular formula is C27H37N5O8S. The van der Waals surface area contributed by atoms with Crippen molar-refractivity contribution in [3.05, 3.63) is 40.9 Å². The smallest absolute Gasteiger partial charge is 0.416 e.